The van der Waals surface area contributed by atoms with Crippen molar-refractivity contribution in [3.8, 4) is 10.6 Å². The highest BCUT2D eigenvalue weighted by Crippen LogP contribution is 2.36. The summed E-state index contributed by atoms with van der Waals surface area (Å²) >= 11 is 9.13. The summed E-state index contributed by atoms with van der Waals surface area (Å²) in [4.78, 5) is 19.2. The first kappa shape index (κ1) is 18.9. The van der Waals surface area contributed by atoms with Crippen LogP contribution < -0.4 is 4.90 Å². The molecular formula is C14H17ClFN3OS2. The summed E-state index contributed by atoms with van der Waals surface area (Å²) < 4.78 is 12.7. The monoisotopic (exact) mass is 361 g/mol. The highest BCUT2D eigenvalue weighted by atomic mass is 35.5. The molecule has 22 heavy (non-hydrogen) atoms. The zero-order chi connectivity index (χ0) is 16.5. The molecule has 0 saturated heterocycles. The summed E-state index contributed by atoms with van der Waals surface area (Å²) in [7, 11) is 3.79. The highest BCUT2D eigenvalue weighted by Gasteiger charge is 2.12. The van der Waals surface area contributed by atoms with Crippen molar-refractivity contribution in [2.75, 3.05) is 31.0 Å². The van der Waals surface area contributed by atoms with Crippen LogP contribution in [0.1, 0.15) is 6.42 Å². The molecule has 120 valence electrons. The number of nitrogens with zero attached hydrogens (tertiary/aromatic N) is 3. The molecule has 0 aliphatic rings. The number of hydrogen-bond acceptors (Lipinski definition) is 6. The fraction of sp³-hybridized carbons (Fsp3) is 0.357. The number of carbonyl (C=O) groups excluding carboxylic acids is 1. The van der Waals surface area contributed by atoms with Crippen LogP contribution in [0.15, 0.2) is 18.3 Å². The van der Waals surface area contributed by atoms with E-state index in [2.05, 4.69) is 9.97 Å². The molecule has 2 aromatic heterocycles. The number of halogens is 2. The van der Waals surface area contributed by atoms with Crippen molar-refractivity contribution in [1.82, 2.24) is 9.97 Å². The van der Waals surface area contributed by atoms with Gasteiger partial charge in [0.25, 0.3) is 0 Å². The first-order valence-electron chi connectivity index (χ1n) is 6.37. The topological polar surface area (TPSA) is 46.1 Å². The average molecular weight is 362 g/mol. The van der Waals surface area contributed by atoms with Gasteiger partial charge >= 0.3 is 0 Å². The van der Waals surface area contributed by atoms with Crippen molar-refractivity contribution < 1.29 is 9.18 Å². The van der Waals surface area contributed by atoms with Gasteiger partial charge in [-0.25, -0.2) is 9.97 Å². The Hall–Kier alpha value is -1.18. The second kappa shape index (κ2) is 9.76. The van der Waals surface area contributed by atoms with Gasteiger partial charge in [0, 0.05) is 32.3 Å². The summed E-state index contributed by atoms with van der Waals surface area (Å²) in [5.41, 5.74) is 0.765. The van der Waals surface area contributed by atoms with E-state index in [0.717, 1.165) is 27.6 Å². The minimum Gasteiger partial charge on any atom is -0.367 e. The minimum absolute atomic E-state index is 0.453. The number of thiazole rings is 1. The number of hydrogen-bond donors (Lipinski definition) is 0. The first-order chi connectivity index (χ1) is 10.5. The maximum atomic E-state index is 12.7. The smallest absolute Gasteiger partial charge is 0.212 e. The molecule has 0 aliphatic heterocycles. The molecule has 2 rings (SSSR count). The molecule has 2 heterocycles. The van der Waals surface area contributed by atoms with Gasteiger partial charge in [-0.15, -0.1) is 0 Å². The molecule has 0 radical (unpaired) electrons. The van der Waals surface area contributed by atoms with Crippen LogP contribution in [0, 0.1) is 5.95 Å². The van der Waals surface area contributed by atoms with Crippen molar-refractivity contribution in [3.05, 3.63) is 29.4 Å². The highest BCUT2D eigenvalue weighted by molar-refractivity contribution is 7.98. The van der Waals surface area contributed by atoms with Gasteiger partial charge < -0.3 is 9.69 Å². The molecule has 0 N–H and O–H groups in total. The third-order valence-corrected chi connectivity index (χ3v) is 4.68. The molecule has 0 spiro atoms. The van der Waals surface area contributed by atoms with E-state index in [1.54, 1.807) is 17.8 Å². The second-order valence-corrected chi connectivity index (χ2v) is 6.65. The van der Waals surface area contributed by atoms with E-state index in [0.29, 0.717) is 11.6 Å². The number of anilines is 1. The van der Waals surface area contributed by atoms with Crippen molar-refractivity contribution in [1.29, 1.82) is 0 Å². The quantitative estimate of drug-likeness (QED) is 0.457. The number of rotatable bonds is 5. The van der Waals surface area contributed by atoms with Gasteiger partial charge in [0.05, 0.1) is 0 Å². The number of pyridine rings is 1. The van der Waals surface area contributed by atoms with Gasteiger partial charge in [0.15, 0.2) is 5.15 Å². The Bertz CT molecular complexity index is 590. The van der Waals surface area contributed by atoms with Crippen LogP contribution in [0.4, 0.5) is 9.39 Å². The molecule has 4 nitrogen and oxygen atoms in total. The third-order valence-electron chi connectivity index (χ3n) is 2.39. The van der Waals surface area contributed by atoms with Gasteiger partial charge in [-0.2, -0.15) is 16.2 Å². The van der Waals surface area contributed by atoms with E-state index >= 15 is 0 Å². The van der Waals surface area contributed by atoms with Crippen molar-refractivity contribution in [2.24, 2.45) is 0 Å². The van der Waals surface area contributed by atoms with Crippen molar-refractivity contribution in [3.63, 3.8) is 0 Å². The number of aromatic nitrogens is 2. The number of aldehydes is 1. The second-order valence-electron chi connectivity index (χ2n) is 4.33. The predicted molar refractivity (Wildman–Crippen MR) is 93.7 cm³/mol. The van der Waals surface area contributed by atoms with Gasteiger partial charge in [0.1, 0.15) is 16.3 Å². The minimum atomic E-state index is -0.501. The van der Waals surface area contributed by atoms with E-state index in [9.17, 15) is 9.18 Å². The molecule has 0 unspecified atom stereocenters. The fourth-order valence-corrected chi connectivity index (χ4v) is 2.98. The Labute approximate surface area is 142 Å². The van der Waals surface area contributed by atoms with Crippen LogP contribution in [0.25, 0.3) is 10.6 Å². The number of carbonyl (C=O) groups is 1. The summed E-state index contributed by atoms with van der Waals surface area (Å²) in [6, 6.07) is 2.94. The maximum Gasteiger partial charge on any atom is 0.212 e. The Kier molecular flexibility index (Phi) is 8.37. The van der Waals surface area contributed by atoms with Crippen LogP contribution in [0.3, 0.4) is 0 Å². The van der Waals surface area contributed by atoms with Crippen LogP contribution in [0.5, 0.6) is 0 Å². The van der Waals surface area contributed by atoms with Gasteiger partial charge in [-0.05, 0) is 24.1 Å². The standard InChI is InChI=1S/C10H9ClFN3S.C4H8OS/c1-15(2)10-8(11)14-9(16-10)6-3-4-7(12)13-5-6;1-6-4-2-3-5/h3-5H,1-2H3;3H,2,4H2,1H3. The molecule has 0 fully saturated rings. The number of thioether (sulfide) groups is 1. The zero-order valence-corrected chi connectivity index (χ0v) is 14.9. The fourth-order valence-electron chi connectivity index (χ4n) is 1.36. The molecule has 2 aromatic rings. The predicted octanol–water partition coefficient (Wildman–Crippen LogP) is 4.00. The molecule has 0 atom stereocenters. The largest absolute Gasteiger partial charge is 0.367 e. The molecule has 0 amide bonds. The van der Waals surface area contributed by atoms with E-state index in [1.807, 2.05) is 25.3 Å². The molecule has 0 saturated carbocycles. The average Bonchev–Trinajstić information content (AvgIpc) is 2.88. The van der Waals surface area contributed by atoms with Crippen molar-refractivity contribution >= 4 is 46.0 Å². The molecule has 0 aromatic carbocycles. The maximum absolute atomic E-state index is 12.7. The zero-order valence-electron chi connectivity index (χ0n) is 12.5. The Balaban J connectivity index is 0.000000346. The van der Waals surface area contributed by atoms with Crippen LogP contribution in [0.2, 0.25) is 5.15 Å². The molecule has 0 bridgehead atoms. The van der Waals surface area contributed by atoms with E-state index in [1.165, 1.54) is 23.6 Å². The summed E-state index contributed by atoms with van der Waals surface area (Å²) in [5, 5.41) is 2.07. The summed E-state index contributed by atoms with van der Waals surface area (Å²) in [5.74, 6) is 0.461. The van der Waals surface area contributed by atoms with Crippen molar-refractivity contribution in [2.45, 2.75) is 6.42 Å². The lowest BCUT2D eigenvalue weighted by Gasteiger charge is -2.07. The Morgan fingerprint density at radius 1 is 1.45 bits per heavy atom. The van der Waals surface area contributed by atoms with Crippen LogP contribution >= 0.6 is 34.7 Å². The lowest BCUT2D eigenvalue weighted by atomic mass is 10.3. The van der Waals surface area contributed by atoms with E-state index in [4.69, 9.17) is 11.6 Å². The summed E-state index contributed by atoms with van der Waals surface area (Å²) in [6.45, 7) is 0. The SMILES string of the molecule is CN(C)c1sc(-c2ccc(F)nc2)nc1Cl.CSCCC=O. The van der Waals surface area contributed by atoms with Gasteiger partial charge in [0.2, 0.25) is 5.95 Å². The Morgan fingerprint density at radius 3 is 2.59 bits per heavy atom. The van der Waals surface area contributed by atoms with Crippen LogP contribution in [-0.2, 0) is 4.79 Å². The molecular weight excluding hydrogens is 345 g/mol. The molecule has 0 aliphatic carbocycles. The van der Waals surface area contributed by atoms with E-state index < -0.39 is 5.95 Å². The lowest BCUT2D eigenvalue weighted by Crippen LogP contribution is -2.06. The van der Waals surface area contributed by atoms with Gasteiger partial charge in [-0.1, -0.05) is 22.9 Å². The third kappa shape index (κ3) is 5.90. The normalized spacial score (nSPS) is 9.86. The van der Waals surface area contributed by atoms with Gasteiger partial charge in [-0.3, -0.25) is 0 Å². The Morgan fingerprint density at radius 2 is 2.18 bits per heavy atom. The molecule has 8 heteroatoms. The first-order valence-corrected chi connectivity index (χ1v) is 8.96. The summed E-state index contributed by atoms with van der Waals surface area (Å²) in [6.07, 6.45) is 5.07. The van der Waals surface area contributed by atoms with E-state index in [-0.39, 0.29) is 0 Å². The lowest BCUT2D eigenvalue weighted by molar-refractivity contribution is -0.107. The van der Waals surface area contributed by atoms with Crippen LogP contribution in [-0.4, -0.2) is 42.4 Å².